The molecule has 0 saturated carbocycles. The highest BCUT2D eigenvalue weighted by Crippen LogP contribution is 2.28. The fraction of sp³-hybridized carbons (Fsp3) is 0.571. The highest BCUT2D eigenvalue weighted by atomic mass is 16.5. The highest BCUT2D eigenvalue weighted by Gasteiger charge is 2.13. The van der Waals surface area contributed by atoms with Crippen molar-refractivity contribution in [2.24, 2.45) is 5.92 Å². The lowest BCUT2D eigenvalue weighted by atomic mass is 9.95. The summed E-state index contributed by atoms with van der Waals surface area (Å²) >= 11 is 0. The van der Waals surface area contributed by atoms with Crippen LogP contribution in [0, 0.1) is 5.92 Å². The van der Waals surface area contributed by atoms with E-state index in [1.165, 1.54) is 24.2 Å². The molecule has 0 radical (unpaired) electrons. The Morgan fingerprint density at radius 1 is 1.13 bits per heavy atom. The minimum absolute atomic E-state index is 0.833. The van der Waals surface area contributed by atoms with E-state index in [9.17, 15) is 0 Å². The molecule has 0 fully saturated rings. The van der Waals surface area contributed by atoms with Crippen molar-refractivity contribution in [2.75, 3.05) is 0 Å². The van der Waals surface area contributed by atoms with Crippen LogP contribution in [0.1, 0.15) is 46.0 Å². The third-order valence-electron chi connectivity index (χ3n) is 3.21. The second-order valence-electron chi connectivity index (χ2n) is 4.80. The van der Waals surface area contributed by atoms with Crippen molar-refractivity contribution < 1.29 is 4.74 Å². The van der Waals surface area contributed by atoms with Crippen LogP contribution < -0.4 is 0 Å². The molecule has 0 aliphatic heterocycles. The summed E-state index contributed by atoms with van der Waals surface area (Å²) in [6.07, 6.45) is 12.3. The topological polar surface area (TPSA) is 9.23 Å². The maximum Gasteiger partial charge on any atom is 0.104 e. The molecule has 1 heteroatoms. The molecule has 0 bridgehead atoms. The molecular formula is C14H20O. The van der Waals surface area contributed by atoms with Gasteiger partial charge < -0.3 is 4.74 Å². The van der Waals surface area contributed by atoms with Crippen LogP contribution in [0.5, 0.6) is 0 Å². The second-order valence-corrected chi connectivity index (χ2v) is 4.80. The second kappa shape index (κ2) is 4.69. The van der Waals surface area contributed by atoms with Crippen LogP contribution in [0.15, 0.2) is 35.3 Å². The summed E-state index contributed by atoms with van der Waals surface area (Å²) in [6, 6.07) is 0. The monoisotopic (exact) mass is 204 g/mol. The molecule has 1 atom stereocenters. The largest absolute Gasteiger partial charge is 0.466 e. The molecule has 0 N–H and O–H groups in total. The van der Waals surface area contributed by atoms with Crippen molar-refractivity contribution in [2.45, 2.75) is 46.0 Å². The minimum atomic E-state index is 0.833. The lowest BCUT2D eigenvalue weighted by molar-refractivity contribution is 0.256. The number of rotatable bonds is 2. The molecule has 1 unspecified atom stereocenters. The summed E-state index contributed by atoms with van der Waals surface area (Å²) in [5.74, 6) is 3.16. The van der Waals surface area contributed by atoms with Gasteiger partial charge in [0.2, 0.25) is 0 Å². The zero-order chi connectivity index (χ0) is 10.7. The Balaban J connectivity index is 1.92. The van der Waals surface area contributed by atoms with Gasteiger partial charge in [-0.05, 0) is 44.3 Å². The number of hydrogen-bond acceptors (Lipinski definition) is 1. The number of allylic oxidation sites excluding steroid dienone is 6. The van der Waals surface area contributed by atoms with Crippen LogP contribution in [0.3, 0.4) is 0 Å². The SMILES string of the molecule is CC1=CC=C(OC2=CCC(C)CC2)CC1. The predicted molar refractivity (Wildman–Crippen MR) is 63.3 cm³/mol. The van der Waals surface area contributed by atoms with Crippen molar-refractivity contribution in [3.05, 3.63) is 35.3 Å². The molecule has 0 saturated heterocycles. The Labute approximate surface area is 92.5 Å². The third kappa shape index (κ3) is 2.98. The van der Waals surface area contributed by atoms with Crippen LogP contribution in [0.25, 0.3) is 0 Å². The van der Waals surface area contributed by atoms with Gasteiger partial charge in [-0.25, -0.2) is 0 Å². The molecule has 0 aromatic rings. The van der Waals surface area contributed by atoms with Gasteiger partial charge in [0.1, 0.15) is 5.76 Å². The molecule has 0 amide bonds. The first-order chi connectivity index (χ1) is 7.24. The Hall–Kier alpha value is -0.980. The molecule has 0 aromatic heterocycles. The van der Waals surface area contributed by atoms with Gasteiger partial charge in [0.25, 0.3) is 0 Å². The van der Waals surface area contributed by atoms with Gasteiger partial charge in [-0.1, -0.05) is 18.6 Å². The first-order valence-electron chi connectivity index (χ1n) is 5.97. The van der Waals surface area contributed by atoms with E-state index in [4.69, 9.17) is 4.74 Å². The molecule has 1 nitrogen and oxygen atoms in total. The van der Waals surface area contributed by atoms with E-state index >= 15 is 0 Å². The van der Waals surface area contributed by atoms with Gasteiger partial charge >= 0.3 is 0 Å². The van der Waals surface area contributed by atoms with Crippen molar-refractivity contribution in [1.82, 2.24) is 0 Å². The standard InChI is InChI=1S/C14H20O/c1-11-3-7-13(8-4-11)15-14-9-5-12(2)6-10-14/h3,7,9,12H,4-6,8,10H2,1-2H3. The zero-order valence-corrected chi connectivity index (χ0v) is 9.75. The van der Waals surface area contributed by atoms with E-state index in [0.717, 1.165) is 30.9 Å². The van der Waals surface area contributed by atoms with Crippen molar-refractivity contribution in [3.63, 3.8) is 0 Å². The summed E-state index contributed by atoms with van der Waals surface area (Å²) in [7, 11) is 0. The predicted octanol–water partition coefficient (Wildman–Crippen LogP) is 4.33. The molecule has 15 heavy (non-hydrogen) atoms. The van der Waals surface area contributed by atoms with Gasteiger partial charge in [-0.2, -0.15) is 0 Å². The average Bonchev–Trinajstić information content (AvgIpc) is 2.25. The molecule has 0 spiro atoms. The number of hydrogen-bond donors (Lipinski definition) is 0. The fourth-order valence-electron chi connectivity index (χ4n) is 2.01. The van der Waals surface area contributed by atoms with Gasteiger partial charge in [-0.15, -0.1) is 0 Å². The van der Waals surface area contributed by atoms with Gasteiger partial charge in [-0.3, -0.25) is 0 Å². The normalized spacial score (nSPS) is 26.5. The lowest BCUT2D eigenvalue weighted by Gasteiger charge is -2.21. The van der Waals surface area contributed by atoms with Crippen molar-refractivity contribution in [1.29, 1.82) is 0 Å². The zero-order valence-electron chi connectivity index (χ0n) is 9.75. The van der Waals surface area contributed by atoms with Gasteiger partial charge in [0.15, 0.2) is 0 Å². The van der Waals surface area contributed by atoms with Crippen LogP contribution >= 0.6 is 0 Å². The van der Waals surface area contributed by atoms with Crippen molar-refractivity contribution in [3.8, 4) is 0 Å². The Bertz CT molecular complexity index is 320. The minimum Gasteiger partial charge on any atom is -0.466 e. The lowest BCUT2D eigenvalue weighted by Crippen LogP contribution is -2.05. The fourth-order valence-corrected chi connectivity index (χ4v) is 2.01. The molecule has 2 aliphatic rings. The van der Waals surface area contributed by atoms with Crippen LogP contribution in [0.2, 0.25) is 0 Å². The Morgan fingerprint density at radius 2 is 2.00 bits per heavy atom. The van der Waals surface area contributed by atoms with Crippen LogP contribution in [-0.2, 0) is 4.74 Å². The van der Waals surface area contributed by atoms with E-state index in [1.54, 1.807) is 0 Å². The third-order valence-corrected chi connectivity index (χ3v) is 3.21. The Kier molecular flexibility index (Phi) is 3.30. The van der Waals surface area contributed by atoms with Crippen molar-refractivity contribution >= 4 is 0 Å². The summed E-state index contributed by atoms with van der Waals surface area (Å²) in [4.78, 5) is 0. The van der Waals surface area contributed by atoms with Gasteiger partial charge in [0, 0.05) is 12.8 Å². The van der Waals surface area contributed by atoms with E-state index < -0.39 is 0 Å². The molecule has 2 aliphatic carbocycles. The maximum atomic E-state index is 5.91. The molecule has 82 valence electrons. The van der Waals surface area contributed by atoms with Crippen LogP contribution in [-0.4, -0.2) is 0 Å². The first-order valence-corrected chi connectivity index (χ1v) is 5.97. The van der Waals surface area contributed by atoms with E-state index in [0.29, 0.717) is 0 Å². The quantitative estimate of drug-likeness (QED) is 0.650. The maximum absolute atomic E-state index is 5.91. The summed E-state index contributed by atoms with van der Waals surface area (Å²) in [6.45, 7) is 4.48. The summed E-state index contributed by atoms with van der Waals surface area (Å²) < 4.78 is 5.91. The molecule has 0 heterocycles. The van der Waals surface area contributed by atoms with E-state index in [-0.39, 0.29) is 0 Å². The average molecular weight is 204 g/mol. The van der Waals surface area contributed by atoms with E-state index in [1.807, 2.05) is 0 Å². The van der Waals surface area contributed by atoms with Crippen LogP contribution in [0.4, 0.5) is 0 Å². The highest BCUT2D eigenvalue weighted by molar-refractivity contribution is 5.20. The summed E-state index contributed by atoms with van der Waals surface area (Å²) in [5.41, 5.74) is 1.45. The number of ether oxygens (including phenoxy) is 1. The summed E-state index contributed by atoms with van der Waals surface area (Å²) in [5, 5.41) is 0. The molecule has 0 aromatic carbocycles. The Morgan fingerprint density at radius 3 is 2.60 bits per heavy atom. The first kappa shape index (κ1) is 10.5. The smallest absolute Gasteiger partial charge is 0.104 e. The molecule has 2 rings (SSSR count). The molecular weight excluding hydrogens is 184 g/mol. The van der Waals surface area contributed by atoms with E-state index in [2.05, 4.69) is 32.1 Å². The van der Waals surface area contributed by atoms with Gasteiger partial charge in [0.05, 0.1) is 5.76 Å².